The number of aromatic nitrogens is 2. The van der Waals surface area contributed by atoms with Gasteiger partial charge in [-0.25, -0.2) is 9.97 Å². The van der Waals surface area contributed by atoms with Crippen molar-refractivity contribution in [2.45, 2.75) is 13.3 Å². The molecule has 0 radical (unpaired) electrons. The molecular weight excluding hydrogens is 402 g/mol. The molecule has 3 aromatic rings. The first-order valence-electron chi connectivity index (χ1n) is 10.1. The topological polar surface area (TPSA) is 88.6 Å². The Bertz CT molecular complexity index is 1000. The van der Waals surface area contributed by atoms with Crippen molar-refractivity contribution in [3.8, 4) is 5.19 Å². The molecule has 0 bridgehead atoms. The Kier molecular flexibility index (Phi) is 6.73. The molecule has 1 aliphatic heterocycles. The Labute approximate surface area is 179 Å². The Balaban J connectivity index is 1.35. The number of amides is 1. The summed E-state index contributed by atoms with van der Waals surface area (Å²) in [7, 11) is 0. The number of nitrogens with one attached hydrogen (secondary N) is 2. The number of hydrogen-bond acceptors (Lipinski definition) is 8. The molecule has 0 aliphatic carbocycles. The number of pyridine rings is 1. The lowest BCUT2D eigenvalue weighted by Gasteiger charge is -2.26. The molecule has 1 aliphatic rings. The summed E-state index contributed by atoms with van der Waals surface area (Å²) in [4.78, 5) is 24.4. The summed E-state index contributed by atoms with van der Waals surface area (Å²) < 4.78 is 11.1. The molecule has 3 heterocycles. The number of benzene rings is 1. The van der Waals surface area contributed by atoms with E-state index >= 15 is 0 Å². The van der Waals surface area contributed by atoms with E-state index in [9.17, 15) is 4.79 Å². The van der Waals surface area contributed by atoms with Gasteiger partial charge >= 0.3 is 0 Å². The standard InChI is InChI=1S/C21H25N5O3S/c1-2-15-5-3-4-6-17(15)24-25-19(27)16-13-18-20(22-14-16)30-21(23-18)29-12-9-26-7-10-28-11-8-26/h3-6,13-14,24H,2,7-12H2,1H3,(H,25,27). The Hall–Kier alpha value is -2.75. The van der Waals surface area contributed by atoms with E-state index in [0.717, 1.165) is 55.4 Å². The zero-order chi connectivity index (χ0) is 20.8. The van der Waals surface area contributed by atoms with E-state index in [0.29, 0.717) is 22.9 Å². The monoisotopic (exact) mass is 427 g/mol. The number of thiazole rings is 1. The van der Waals surface area contributed by atoms with E-state index in [1.54, 1.807) is 12.3 Å². The van der Waals surface area contributed by atoms with Gasteiger partial charge in [-0.2, -0.15) is 0 Å². The van der Waals surface area contributed by atoms with Gasteiger partial charge in [-0.1, -0.05) is 36.5 Å². The fourth-order valence-corrected chi connectivity index (χ4v) is 3.99. The predicted molar refractivity (Wildman–Crippen MR) is 117 cm³/mol. The van der Waals surface area contributed by atoms with Crippen molar-refractivity contribution in [3.63, 3.8) is 0 Å². The van der Waals surface area contributed by atoms with Crippen molar-refractivity contribution in [1.29, 1.82) is 0 Å². The highest BCUT2D eigenvalue weighted by Gasteiger charge is 2.13. The second kappa shape index (κ2) is 9.84. The number of carbonyl (C=O) groups is 1. The first-order valence-corrected chi connectivity index (χ1v) is 10.9. The molecule has 1 fully saturated rings. The molecule has 0 saturated carbocycles. The number of nitrogens with zero attached hydrogens (tertiary/aromatic N) is 3. The van der Waals surface area contributed by atoms with Gasteiger partial charge < -0.3 is 9.47 Å². The number of fused-ring (bicyclic) bond motifs is 1. The fourth-order valence-electron chi connectivity index (χ4n) is 3.22. The second-order valence-corrected chi connectivity index (χ2v) is 7.86. The second-order valence-electron chi connectivity index (χ2n) is 6.92. The third kappa shape index (κ3) is 5.05. The number of anilines is 1. The van der Waals surface area contributed by atoms with Gasteiger partial charge in [0.25, 0.3) is 11.1 Å². The minimum atomic E-state index is -0.266. The van der Waals surface area contributed by atoms with Crippen LogP contribution < -0.4 is 15.6 Å². The smallest absolute Gasteiger partial charge is 0.275 e. The first kappa shape index (κ1) is 20.5. The molecule has 158 valence electrons. The number of aryl methyl sites for hydroxylation is 1. The van der Waals surface area contributed by atoms with Crippen molar-refractivity contribution < 1.29 is 14.3 Å². The van der Waals surface area contributed by atoms with Crippen LogP contribution in [0.4, 0.5) is 5.69 Å². The minimum Gasteiger partial charge on any atom is -0.469 e. The Morgan fingerprint density at radius 1 is 1.30 bits per heavy atom. The average Bonchev–Trinajstić information content (AvgIpc) is 3.20. The van der Waals surface area contributed by atoms with Gasteiger partial charge in [0.1, 0.15) is 17.0 Å². The first-order chi connectivity index (χ1) is 14.7. The lowest BCUT2D eigenvalue weighted by atomic mass is 10.1. The van der Waals surface area contributed by atoms with E-state index in [1.807, 2.05) is 24.3 Å². The van der Waals surface area contributed by atoms with Crippen LogP contribution in [0.25, 0.3) is 10.3 Å². The van der Waals surface area contributed by atoms with Gasteiger partial charge in [0.05, 0.1) is 24.5 Å². The maximum atomic E-state index is 12.5. The van der Waals surface area contributed by atoms with Crippen LogP contribution in [0.15, 0.2) is 36.5 Å². The van der Waals surface area contributed by atoms with Gasteiger partial charge in [-0.05, 0) is 24.1 Å². The number of hydrazine groups is 1. The number of para-hydroxylation sites is 1. The van der Waals surface area contributed by atoms with Crippen molar-refractivity contribution >= 4 is 33.3 Å². The molecule has 8 nitrogen and oxygen atoms in total. The van der Waals surface area contributed by atoms with E-state index in [4.69, 9.17) is 9.47 Å². The van der Waals surface area contributed by atoms with E-state index in [-0.39, 0.29) is 5.91 Å². The van der Waals surface area contributed by atoms with Gasteiger partial charge in [-0.15, -0.1) is 0 Å². The lowest BCUT2D eigenvalue weighted by molar-refractivity contribution is 0.0322. The maximum Gasteiger partial charge on any atom is 0.275 e. The van der Waals surface area contributed by atoms with Crippen molar-refractivity contribution in [2.24, 2.45) is 0 Å². The SMILES string of the molecule is CCc1ccccc1NNC(=O)c1cnc2sc(OCCN3CCOCC3)nc2c1. The Morgan fingerprint density at radius 3 is 2.97 bits per heavy atom. The summed E-state index contributed by atoms with van der Waals surface area (Å²) in [5.74, 6) is -0.266. The van der Waals surface area contributed by atoms with Crippen molar-refractivity contribution in [1.82, 2.24) is 20.3 Å². The maximum absolute atomic E-state index is 12.5. The van der Waals surface area contributed by atoms with Crippen LogP contribution in [0.5, 0.6) is 5.19 Å². The Morgan fingerprint density at radius 2 is 2.13 bits per heavy atom. The van der Waals surface area contributed by atoms with Crippen LogP contribution in [0.2, 0.25) is 0 Å². The summed E-state index contributed by atoms with van der Waals surface area (Å²) in [6.07, 6.45) is 2.43. The van der Waals surface area contributed by atoms with E-state index < -0.39 is 0 Å². The minimum absolute atomic E-state index is 0.266. The zero-order valence-corrected chi connectivity index (χ0v) is 17.7. The average molecular weight is 428 g/mol. The predicted octanol–water partition coefficient (Wildman–Crippen LogP) is 2.72. The molecule has 2 N–H and O–H groups in total. The number of hydrogen-bond donors (Lipinski definition) is 2. The van der Waals surface area contributed by atoms with Crippen LogP contribution in [-0.4, -0.2) is 60.2 Å². The quantitative estimate of drug-likeness (QED) is 0.535. The summed E-state index contributed by atoms with van der Waals surface area (Å²) in [5.41, 5.74) is 8.83. The molecule has 0 spiro atoms. The highest BCUT2D eigenvalue weighted by atomic mass is 32.1. The summed E-state index contributed by atoms with van der Waals surface area (Å²) in [5, 5.41) is 0.568. The van der Waals surface area contributed by atoms with E-state index in [1.165, 1.54) is 11.3 Å². The third-order valence-electron chi connectivity index (χ3n) is 4.94. The molecule has 9 heteroatoms. The third-order valence-corrected chi connectivity index (χ3v) is 5.83. The number of rotatable bonds is 8. The molecule has 1 aromatic carbocycles. The molecule has 2 aromatic heterocycles. The van der Waals surface area contributed by atoms with Crippen LogP contribution >= 0.6 is 11.3 Å². The van der Waals surface area contributed by atoms with E-state index in [2.05, 4.69) is 32.6 Å². The van der Waals surface area contributed by atoms with Gasteiger partial charge in [0.2, 0.25) is 0 Å². The number of morpholine rings is 1. The molecule has 4 rings (SSSR count). The molecule has 1 amide bonds. The molecular formula is C21H25N5O3S. The summed E-state index contributed by atoms with van der Waals surface area (Å²) in [6.45, 7) is 6.88. The fraction of sp³-hybridized carbons (Fsp3) is 0.381. The van der Waals surface area contributed by atoms with Crippen molar-refractivity contribution in [3.05, 3.63) is 47.7 Å². The van der Waals surface area contributed by atoms with Crippen LogP contribution in [-0.2, 0) is 11.2 Å². The zero-order valence-electron chi connectivity index (χ0n) is 16.9. The largest absolute Gasteiger partial charge is 0.469 e. The highest BCUT2D eigenvalue weighted by molar-refractivity contribution is 7.19. The van der Waals surface area contributed by atoms with Gasteiger partial charge in [0, 0.05) is 25.8 Å². The summed E-state index contributed by atoms with van der Waals surface area (Å²) >= 11 is 1.38. The normalized spacial score (nSPS) is 14.6. The molecule has 1 saturated heterocycles. The van der Waals surface area contributed by atoms with Crippen LogP contribution in [0.3, 0.4) is 0 Å². The molecule has 30 heavy (non-hydrogen) atoms. The van der Waals surface area contributed by atoms with Crippen molar-refractivity contribution in [2.75, 3.05) is 44.9 Å². The highest BCUT2D eigenvalue weighted by Crippen LogP contribution is 2.26. The lowest BCUT2D eigenvalue weighted by Crippen LogP contribution is -2.38. The molecule has 0 atom stereocenters. The number of carbonyl (C=O) groups excluding carboxylic acids is 1. The number of ether oxygens (including phenoxy) is 2. The molecule has 0 unspecified atom stereocenters. The van der Waals surface area contributed by atoms with Crippen LogP contribution in [0, 0.1) is 0 Å². The summed E-state index contributed by atoms with van der Waals surface area (Å²) in [6, 6.07) is 9.60. The van der Waals surface area contributed by atoms with Gasteiger partial charge in [-0.3, -0.25) is 20.5 Å². The van der Waals surface area contributed by atoms with Gasteiger partial charge in [0.15, 0.2) is 0 Å². The van der Waals surface area contributed by atoms with Crippen LogP contribution in [0.1, 0.15) is 22.8 Å².